The Balaban J connectivity index is 0.000000161. The number of anilines is 1. The van der Waals surface area contributed by atoms with Crippen LogP contribution in [0.3, 0.4) is 0 Å². The van der Waals surface area contributed by atoms with E-state index in [0.717, 1.165) is 10.8 Å². The fourth-order valence-electron chi connectivity index (χ4n) is 2.59. The summed E-state index contributed by atoms with van der Waals surface area (Å²) in [4.78, 5) is 29.3. The second kappa shape index (κ2) is 8.45. The number of amides is 2. The normalized spacial score (nSPS) is 10.0. The molecule has 2 heterocycles. The molecular weight excluding hydrogens is 360 g/mol. The van der Waals surface area contributed by atoms with E-state index in [1.807, 2.05) is 36.4 Å². The predicted molar refractivity (Wildman–Crippen MR) is 105 cm³/mol. The lowest BCUT2D eigenvalue weighted by Gasteiger charge is -2.03. The molecule has 0 bridgehead atoms. The van der Waals surface area contributed by atoms with Crippen molar-refractivity contribution in [1.29, 1.82) is 0 Å². The SMILES string of the molecule is NC(=O)Oc1cccc2cccnc12.O=C(O)Nc1cccc2cccnc12. The van der Waals surface area contributed by atoms with Crippen LogP contribution >= 0.6 is 0 Å². The van der Waals surface area contributed by atoms with Crippen molar-refractivity contribution in [3.05, 3.63) is 73.1 Å². The molecule has 4 aromatic rings. The maximum Gasteiger partial charge on any atom is 0.410 e. The van der Waals surface area contributed by atoms with E-state index in [9.17, 15) is 9.59 Å². The van der Waals surface area contributed by atoms with Gasteiger partial charge in [-0.05, 0) is 24.3 Å². The van der Waals surface area contributed by atoms with Gasteiger partial charge in [0.2, 0.25) is 0 Å². The first kappa shape index (κ1) is 18.6. The lowest BCUT2D eigenvalue weighted by atomic mass is 10.2. The van der Waals surface area contributed by atoms with Crippen molar-refractivity contribution in [3.8, 4) is 5.75 Å². The molecule has 140 valence electrons. The molecular formula is C20H16N4O4. The highest BCUT2D eigenvalue weighted by Gasteiger charge is 2.05. The van der Waals surface area contributed by atoms with Gasteiger partial charge in [-0.2, -0.15) is 0 Å². The molecule has 0 fully saturated rings. The van der Waals surface area contributed by atoms with Crippen molar-refractivity contribution in [1.82, 2.24) is 9.97 Å². The Kier molecular flexibility index (Phi) is 5.61. The van der Waals surface area contributed by atoms with Gasteiger partial charge in [-0.15, -0.1) is 0 Å². The van der Waals surface area contributed by atoms with Crippen molar-refractivity contribution in [2.45, 2.75) is 0 Å². The predicted octanol–water partition coefficient (Wildman–Crippen LogP) is 4.02. The number of pyridine rings is 2. The lowest BCUT2D eigenvalue weighted by molar-refractivity contribution is 0.209. The Bertz CT molecular complexity index is 1050. The van der Waals surface area contributed by atoms with Gasteiger partial charge in [0.15, 0.2) is 5.75 Å². The fraction of sp³-hybridized carbons (Fsp3) is 0. The van der Waals surface area contributed by atoms with Crippen molar-refractivity contribution < 1.29 is 19.4 Å². The number of nitrogens with zero attached hydrogens (tertiary/aromatic N) is 2. The number of ether oxygens (including phenoxy) is 1. The van der Waals surface area contributed by atoms with Gasteiger partial charge in [-0.3, -0.25) is 15.3 Å². The minimum atomic E-state index is -1.08. The summed E-state index contributed by atoms with van der Waals surface area (Å²) < 4.78 is 4.80. The summed E-state index contributed by atoms with van der Waals surface area (Å²) in [7, 11) is 0. The number of para-hydroxylation sites is 2. The first-order chi connectivity index (χ1) is 13.5. The monoisotopic (exact) mass is 376 g/mol. The largest absolute Gasteiger partial charge is 0.465 e. The van der Waals surface area contributed by atoms with Crippen LogP contribution in [0.25, 0.3) is 21.8 Å². The molecule has 0 spiro atoms. The van der Waals surface area contributed by atoms with Gasteiger partial charge in [0.05, 0.1) is 11.2 Å². The molecule has 8 heteroatoms. The van der Waals surface area contributed by atoms with Gasteiger partial charge in [0.1, 0.15) is 5.52 Å². The number of carbonyl (C=O) groups excluding carboxylic acids is 1. The van der Waals surface area contributed by atoms with Crippen molar-refractivity contribution in [2.75, 3.05) is 5.32 Å². The minimum Gasteiger partial charge on any atom is -0.465 e. The standard InChI is InChI=1S/2C10H8N2O2/c11-10(13)14-8-5-1-3-7-4-2-6-12-9(7)8;13-10(14)12-8-5-1-3-7-4-2-6-11-9(7)8/h1-6H,(H2,11,13);1-6,12H,(H,13,14). The van der Waals surface area contributed by atoms with Crippen LogP contribution in [0.5, 0.6) is 5.75 Å². The van der Waals surface area contributed by atoms with Gasteiger partial charge >= 0.3 is 12.2 Å². The fourth-order valence-corrected chi connectivity index (χ4v) is 2.59. The Morgan fingerprint density at radius 2 is 1.43 bits per heavy atom. The molecule has 0 atom stereocenters. The quantitative estimate of drug-likeness (QED) is 0.485. The highest BCUT2D eigenvalue weighted by atomic mass is 16.5. The van der Waals surface area contributed by atoms with Crippen LogP contribution in [0.2, 0.25) is 0 Å². The topological polar surface area (TPSA) is 127 Å². The van der Waals surface area contributed by atoms with E-state index in [1.165, 1.54) is 0 Å². The third-order valence-corrected chi connectivity index (χ3v) is 3.68. The van der Waals surface area contributed by atoms with E-state index in [4.69, 9.17) is 15.6 Å². The van der Waals surface area contributed by atoms with Crippen LogP contribution in [0.4, 0.5) is 15.3 Å². The number of rotatable bonds is 2. The number of hydrogen-bond donors (Lipinski definition) is 3. The molecule has 4 rings (SSSR count). The van der Waals surface area contributed by atoms with Gasteiger partial charge < -0.3 is 15.6 Å². The average molecular weight is 376 g/mol. The lowest BCUT2D eigenvalue weighted by Crippen LogP contribution is -2.16. The number of carbonyl (C=O) groups is 2. The van der Waals surface area contributed by atoms with E-state index in [1.54, 1.807) is 36.7 Å². The van der Waals surface area contributed by atoms with Crippen LogP contribution in [0.15, 0.2) is 73.1 Å². The maximum atomic E-state index is 10.6. The smallest absolute Gasteiger partial charge is 0.410 e. The Morgan fingerprint density at radius 3 is 2.07 bits per heavy atom. The van der Waals surface area contributed by atoms with Crippen molar-refractivity contribution in [3.63, 3.8) is 0 Å². The van der Waals surface area contributed by atoms with Crippen LogP contribution in [0, 0.1) is 0 Å². The molecule has 0 aliphatic carbocycles. The summed E-state index contributed by atoms with van der Waals surface area (Å²) in [6.07, 6.45) is 1.36. The summed E-state index contributed by atoms with van der Waals surface area (Å²) in [5.41, 5.74) is 6.73. The van der Waals surface area contributed by atoms with Gasteiger partial charge in [0, 0.05) is 23.2 Å². The number of carboxylic acid groups (broad SMARTS) is 1. The highest BCUT2D eigenvalue weighted by Crippen LogP contribution is 2.22. The summed E-state index contributed by atoms with van der Waals surface area (Å²) in [5, 5.41) is 12.7. The molecule has 0 radical (unpaired) electrons. The third kappa shape index (κ3) is 4.50. The average Bonchev–Trinajstić information content (AvgIpc) is 2.68. The molecule has 0 aliphatic heterocycles. The van der Waals surface area contributed by atoms with Crippen LogP contribution in [0.1, 0.15) is 0 Å². The Hall–Kier alpha value is -4.20. The molecule has 2 amide bonds. The number of hydrogen-bond acceptors (Lipinski definition) is 5. The van der Waals surface area contributed by atoms with E-state index in [2.05, 4.69) is 15.3 Å². The number of nitrogens with two attached hydrogens (primary N) is 1. The van der Waals surface area contributed by atoms with E-state index in [0.29, 0.717) is 22.5 Å². The second-order valence-electron chi connectivity index (χ2n) is 5.56. The molecule has 8 nitrogen and oxygen atoms in total. The number of aromatic nitrogens is 2. The first-order valence-corrected chi connectivity index (χ1v) is 8.19. The van der Waals surface area contributed by atoms with E-state index < -0.39 is 12.2 Å². The summed E-state index contributed by atoms with van der Waals surface area (Å²) >= 11 is 0. The summed E-state index contributed by atoms with van der Waals surface area (Å²) in [6.45, 7) is 0. The third-order valence-electron chi connectivity index (χ3n) is 3.68. The maximum absolute atomic E-state index is 10.6. The van der Waals surface area contributed by atoms with Crippen LogP contribution in [-0.4, -0.2) is 27.3 Å². The number of nitrogens with one attached hydrogen (secondary N) is 1. The van der Waals surface area contributed by atoms with Crippen molar-refractivity contribution >= 4 is 39.7 Å². The Morgan fingerprint density at radius 1 is 0.857 bits per heavy atom. The zero-order valence-electron chi connectivity index (χ0n) is 14.6. The molecule has 0 saturated carbocycles. The van der Waals surface area contributed by atoms with E-state index in [-0.39, 0.29) is 0 Å². The van der Waals surface area contributed by atoms with Crippen LogP contribution in [-0.2, 0) is 0 Å². The molecule has 0 unspecified atom stereocenters. The van der Waals surface area contributed by atoms with Gasteiger partial charge in [-0.1, -0.05) is 36.4 Å². The molecule has 0 saturated heterocycles. The Labute approximate surface area is 159 Å². The second-order valence-corrected chi connectivity index (χ2v) is 5.56. The molecule has 2 aromatic heterocycles. The van der Waals surface area contributed by atoms with E-state index >= 15 is 0 Å². The highest BCUT2D eigenvalue weighted by molar-refractivity contribution is 5.97. The zero-order valence-corrected chi connectivity index (χ0v) is 14.6. The zero-order chi connectivity index (χ0) is 19.9. The molecule has 28 heavy (non-hydrogen) atoms. The summed E-state index contributed by atoms with van der Waals surface area (Å²) in [6, 6.07) is 18.1. The molecule has 0 aliphatic rings. The van der Waals surface area contributed by atoms with Gasteiger partial charge in [-0.25, -0.2) is 9.59 Å². The van der Waals surface area contributed by atoms with Gasteiger partial charge in [0.25, 0.3) is 0 Å². The first-order valence-electron chi connectivity index (χ1n) is 8.19. The van der Waals surface area contributed by atoms with Crippen molar-refractivity contribution in [2.24, 2.45) is 5.73 Å². The number of primary amides is 1. The number of fused-ring (bicyclic) bond motifs is 2. The molecule has 2 aromatic carbocycles. The minimum absolute atomic E-state index is 0.385. The summed E-state index contributed by atoms with van der Waals surface area (Å²) in [5.74, 6) is 0.385. The van der Waals surface area contributed by atoms with Crippen LogP contribution < -0.4 is 15.8 Å². The molecule has 4 N–H and O–H groups in total. The number of benzene rings is 2.